The molecular formula is C19H36. The summed E-state index contributed by atoms with van der Waals surface area (Å²) in [5.41, 5.74) is 2.86. The number of allylic oxidation sites excluding steroid dienone is 2. The maximum absolute atomic E-state index is 4.33. The van der Waals surface area contributed by atoms with E-state index in [1.165, 1.54) is 49.7 Å². The first-order valence-corrected chi connectivity index (χ1v) is 8.18. The molecule has 0 N–H and O–H groups in total. The van der Waals surface area contributed by atoms with Crippen LogP contribution in [0, 0.1) is 11.3 Å². The van der Waals surface area contributed by atoms with Gasteiger partial charge in [0.2, 0.25) is 0 Å². The fraction of sp³-hybridized carbons (Fsp3) is 0.789. The largest absolute Gasteiger partial charge is 0.0990 e. The lowest BCUT2D eigenvalue weighted by atomic mass is 9.75. The normalized spacial score (nSPS) is 11.9. The summed E-state index contributed by atoms with van der Waals surface area (Å²) >= 11 is 0. The summed E-state index contributed by atoms with van der Waals surface area (Å²) in [6.45, 7) is 20.1. The van der Waals surface area contributed by atoms with Crippen LogP contribution in [0.4, 0.5) is 0 Å². The Hall–Kier alpha value is -0.520. The van der Waals surface area contributed by atoms with Crippen molar-refractivity contribution in [1.82, 2.24) is 0 Å². The van der Waals surface area contributed by atoms with Gasteiger partial charge in [-0.2, -0.15) is 0 Å². The van der Waals surface area contributed by atoms with Gasteiger partial charge in [-0.25, -0.2) is 0 Å². The Labute approximate surface area is 122 Å². The zero-order chi connectivity index (χ0) is 14.9. The molecule has 0 nitrogen and oxygen atoms in total. The van der Waals surface area contributed by atoms with Crippen molar-refractivity contribution >= 4 is 0 Å². The smallest absolute Gasteiger partial charge is 0.00586 e. The molecule has 0 fully saturated rings. The molecule has 0 atom stereocenters. The summed E-state index contributed by atoms with van der Waals surface area (Å²) in [5.74, 6) is 0.799. The van der Waals surface area contributed by atoms with E-state index in [0.29, 0.717) is 0 Å². The zero-order valence-electron chi connectivity index (χ0n) is 14.1. The van der Waals surface area contributed by atoms with Gasteiger partial charge in [0, 0.05) is 5.41 Å². The third kappa shape index (κ3) is 7.60. The lowest BCUT2D eigenvalue weighted by molar-refractivity contribution is 0.466. The highest BCUT2D eigenvalue weighted by Crippen LogP contribution is 2.38. The highest BCUT2D eigenvalue weighted by molar-refractivity contribution is 5.23. The van der Waals surface area contributed by atoms with Gasteiger partial charge in [-0.15, -0.1) is 0 Å². The SMILES string of the molecule is C=C(CCCCCC)C(C)(C)C(=C)CCCC(C)C. The molecule has 0 aliphatic heterocycles. The van der Waals surface area contributed by atoms with Crippen molar-refractivity contribution in [2.75, 3.05) is 0 Å². The van der Waals surface area contributed by atoms with Crippen LogP contribution in [-0.2, 0) is 0 Å². The van der Waals surface area contributed by atoms with E-state index in [-0.39, 0.29) is 5.41 Å². The highest BCUT2D eigenvalue weighted by atomic mass is 14.3. The molecule has 0 rings (SSSR count). The van der Waals surface area contributed by atoms with E-state index in [1.807, 2.05) is 0 Å². The van der Waals surface area contributed by atoms with Crippen molar-refractivity contribution in [3.63, 3.8) is 0 Å². The fourth-order valence-electron chi connectivity index (χ4n) is 2.36. The number of rotatable bonds is 11. The Morgan fingerprint density at radius 1 is 0.895 bits per heavy atom. The maximum atomic E-state index is 4.33. The van der Waals surface area contributed by atoms with Gasteiger partial charge in [-0.05, 0) is 31.6 Å². The van der Waals surface area contributed by atoms with Crippen molar-refractivity contribution in [2.24, 2.45) is 11.3 Å². The van der Waals surface area contributed by atoms with Crippen LogP contribution >= 0.6 is 0 Å². The van der Waals surface area contributed by atoms with E-state index in [1.54, 1.807) is 0 Å². The third-order valence-electron chi connectivity index (χ3n) is 4.36. The first-order chi connectivity index (χ1) is 8.82. The van der Waals surface area contributed by atoms with Crippen LogP contribution in [0.5, 0.6) is 0 Å². The topological polar surface area (TPSA) is 0 Å². The minimum atomic E-state index is 0.114. The molecule has 0 aromatic heterocycles. The summed E-state index contributed by atoms with van der Waals surface area (Å²) in [4.78, 5) is 0. The molecule has 0 heteroatoms. The van der Waals surface area contributed by atoms with Gasteiger partial charge in [-0.1, -0.05) is 84.6 Å². The third-order valence-corrected chi connectivity index (χ3v) is 4.36. The van der Waals surface area contributed by atoms with Crippen LogP contribution in [0.2, 0.25) is 0 Å². The first kappa shape index (κ1) is 18.5. The molecule has 112 valence electrons. The van der Waals surface area contributed by atoms with E-state index in [0.717, 1.165) is 18.8 Å². The molecule has 19 heavy (non-hydrogen) atoms. The van der Waals surface area contributed by atoms with Gasteiger partial charge < -0.3 is 0 Å². The zero-order valence-corrected chi connectivity index (χ0v) is 14.1. The monoisotopic (exact) mass is 264 g/mol. The molecule has 0 aromatic carbocycles. The van der Waals surface area contributed by atoms with E-state index in [4.69, 9.17) is 0 Å². The van der Waals surface area contributed by atoms with Gasteiger partial charge in [0.05, 0.1) is 0 Å². The average Bonchev–Trinajstić information content (AvgIpc) is 2.33. The van der Waals surface area contributed by atoms with Crippen LogP contribution in [0.15, 0.2) is 24.3 Å². The predicted molar refractivity (Wildman–Crippen MR) is 89.5 cm³/mol. The molecule has 0 aromatic rings. The van der Waals surface area contributed by atoms with Crippen LogP contribution in [-0.4, -0.2) is 0 Å². The second kappa shape index (κ2) is 9.39. The van der Waals surface area contributed by atoms with Crippen molar-refractivity contribution < 1.29 is 0 Å². The van der Waals surface area contributed by atoms with Gasteiger partial charge in [0.1, 0.15) is 0 Å². The van der Waals surface area contributed by atoms with Gasteiger partial charge in [0.15, 0.2) is 0 Å². The molecule has 0 amide bonds. The summed E-state index contributed by atoms with van der Waals surface area (Å²) in [5, 5.41) is 0. The van der Waals surface area contributed by atoms with Crippen molar-refractivity contribution in [3.05, 3.63) is 24.3 Å². The van der Waals surface area contributed by atoms with Crippen LogP contribution < -0.4 is 0 Å². The molecule has 0 radical (unpaired) electrons. The van der Waals surface area contributed by atoms with Crippen LogP contribution in [0.25, 0.3) is 0 Å². The molecule has 0 saturated carbocycles. The van der Waals surface area contributed by atoms with E-state index in [9.17, 15) is 0 Å². The Morgan fingerprint density at radius 2 is 1.42 bits per heavy atom. The highest BCUT2D eigenvalue weighted by Gasteiger charge is 2.24. The molecule has 0 bridgehead atoms. The van der Waals surface area contributed by atoms with Crippen LogP contribution in [0.1, 0.15) is 86.0 Å². The van der Waals surface area contributed by atoms with Gasteiger partial charge >= 0.3 is 0 Å². The quantitative estimate of drug-likeness (QED) is 0.280. The number of hydrogen-bond donors (Lipinski definition) is 0. The minimum absolute atomic E-state index is 0.114. The van der Waals surface area contributed by atoms with Crippen LogP contribution in [0.3, 0.4) is 0 Å². The van der Waals surface area contributed by atoms with E-state index < -0.39 is 0 Å². The first-order valence-electron chi connectivity index (χ1n) is 8.18. The molecule has 0 aliphatic rings. The van der Waals surface area contributed by atoms with Crippen molar-refractivity contribution in [2.45, 2.75) is 86.0 Å². The minimum Gasteiger partial charge on any atom is -0.0990 e. The Bertz CT molecular complexity index is 268. The summed E-state index contributed by atoms with van der Waals surface area (Å²) in [7, 11) is 0. The molecule has 0 saturated heterocycles. The molecule has 0 aliphatic carbocycles. The second-order valence-corrected chi connectivity index (χ2v) is 6.93. The summed E-state index contributed by atoms with van der Waals surface area (Å²) in [6, 6.07) is 0. The lowest BCUT2D eigenvalue weighted by Gasteiger charge is -2.30. The Kier molecular flexibility index (Phi) is 9.14. The van der Waals surface area contributed by atoms with Crippen molar-refractivity contribution in [1.29, 1.82) is 0 Å². The number of hydrogen-bond acceptors (Lipinski definition) is 0. The molecule has 0 heterocycles. The molecule has 0 unspecified atom stereocenters. The summed E-state index contributed by atoms with van der Waals surface area (Å²) < 4.78 is 0. The average molecular weight is 264 g/mol. The Balaban J connectivity index is 4.11. The van der Waals surface area contributed by atoms with E-state index >= 15 is 0 Å². The predicted octanol–water partition coefficient (Wildman–Crippen LogP) is 6.92. The summed E-state index contributed by atoms with van der Waals surface area (Å²) in [6.07, 6.45) is 10.2. The standard InChI is InChI=1S/C19H36/c1-8-9-10-11-14-17(4)19(6,7)18(5)15-12-13-16(2)3/h16H,4-5,8-15H2,1-3,6-7H3. The Morgan fingerprint density at radius 3 is 1.89 bits per heavy atom. The second-order valence-electron chi connectivity index (χ2n) is 6.93. The lowest BCUT2D eigenvalue weighted by Crippen LogP contribution is -2.17. The van der Waals surface area contributed by atoms with E-state index in [2.05, 4.69) is 47.8 Å². The maximum Gasteiger partial charge on any atom is 0.00586 e. The molecular weight excluding hydrogens is 228 g/mol. The number of unbranched alkanes of at least 4 members (excludes halogenated alkanes) is 3. The van der Waals surface area contributed by atoms with Gasteiger partial charge in [0.25, 0.3) is 0 Å². The molecule has 0 spiro atoms. The van der Waals surface area contributed by atoms with Gasteiger partial charge in [-0.3, -0.25) is 0 Å². The fourth-order valence-corrected chi connectivity index (χ4v) is 2.36. The van der Waals surface area contributed by atoms with Crippen molar-refractivity contribution in [3.8, 4) is 0 Å².